The van der Waals surface area contributed by atoms with Crippen molar-refractivity contribution in [2.24, 2.45) is 5.92 Å². The summed E-state index contributed by atoms with van der Waals surface area (Å²) in [6.45, 7) is 1.39. The second-order valence-corrected chi connectivity index (χ2v) is 8.84. The maximum atomic E-state index is 12.9. The number of alkyl halides is 3. The SMILES string of the molecule is O=S(=O)(c1cccc(C(F)(F)F)c1)N1CCCC(COCc2ccccc2)C1. The Balaban J connectivity index is 1.64. The van der Waals surface area contributed by atoms with Gasteiger partial charge in [-0.05, 0) is 42.5 Å². The molecule has 0 aromatic heterocycles. The van der Waals surface area contributed by atoms with E-state index in [1.807, 2.05) is 30.3 Å². The Kier molecular flexibility index (Phi) is 6.42. The number of ether oxygens (including phenoxy) is 1. The number of sulfonamides is 1. The summed E-state index contributed by atoms with van der Waals surface area (Å²) in [4.78, 5) is -0.326. The number of halogens is 3. The van der Waals surface area contributed by atoms with Crippen LogP contribution in [0.3, 0.4) is 0 Å². The van der Waals surface area contributed by atoms with Crippen molar-refractivity contribution < 1.29 is 26.3 Å². The van der Waals surface area contributed by atoms with E-state index in [4.69, 9.17) is 4.74 Å². The molecule has 0 amide bonds. The van der Waals surface area contributed by atoms with E-state index in [-0.39, 0.29) is 17.4 Å². The van der Waals surface area contributed by atoms with Crippen molar-refractivity contribution in [3.63, 3.8) is 0 Å². The predicted molar refractivity (Wildman–Crippen MR) is 99.0 cm³/mol. The van der Waals surface area contributed by atoms with Crippen LogP contribution in [0.4, 0.5) is 13.2 Å². The molecule has 152 valence electrons. The van der Waals surface area contributed by atoms with E-state index in [0.717, 1.165) is 24.1 Å². The lowest BCUT2D eigenvalue weighted by Crippen LogP contribution is -2.41. The van der Waals surface area contributed by atoms with Crippen molar-refractivity contribution in [1.82, 2.24) is 4.31 Å². The van der Waals surface area contributed by atoms with E-state index in [0.29, 0.717) is 32.2 Å². The minimum atomic E-state index is -4.58. The van der Waals surface area contributed by atoms with Gasteiger partial charge in [0.15, 0.2) is 0 Å². The van der Waals surface area contributed by atoms with E-state index in [9.17, 15) is 21.6 Å². The smallest absolute Gasteiger partial charge is 0.376 e. The van der Waals surface area contributed by atoms with Crippen LogP contribution in [0.25, 0.3) is 0 Å². The van der Waals surface area contributed by atoms with Gasteiger partial charge in [-0.15, -0.1) is 0 Å². The maximum absolute atomic E-state index is 12.9. The summed E-state index contributed by atoms with van der Waals surface area (Å²) < 4.78 is 71.4. The fourth-order valence-electron chi connectivity index (χ4n) is 3.28. The highest BCUT2D eigenvalue weighted by Crippen LogP contribution is 2.32. The lowest BCUT2D eigenvalue weighted by atomic mass is 10.0. The Morgan fingerprint density at radius 3 is 2.54 bits per heavy atom. The Labute approximate surface area is 163 Å². The third kappa shape index (κ3) is 5.12. The molecule has 8 heteroatoms. The van der Waals surface area contributed by atoms with Gasteiger partial charge >= 0.3 is 6.18 Å². The van der Waals surface area contributed by atoms with Crippen molar-refractivity contribution in [2.75, 3.05) is 19.7 Å². The molecule has 3 rings (SSSR count). The molecule has 1 aliphatic heterocycles. The molecule has 1 aliphatic rings. The largest absolute Gasteiger partial charge is 0.416 e. The average Bonchev–Trinajstić information content (AvgIpc) is 2.68. The van der Waals surface area contributed by atoms with E-state index in [2.05, 4.69) is 0 Å². The molecule has 0 N–H and O–H groups in total. The number of benzene rings is 2. The third-order valence-electron chi connectivity index (χ3n) is 4.75. The number of hydrogen-bond acceptors (Lipinski definition) is 3. The molecule has 1 fully saturated rings. The predicted octanol–water partition coefficient (Wildman–Crippen LogP) is 4.32. The van der Waals surface area contributed by atoms with Gasteiger partial charge in [0.25, 0.3) is 0 Å². The normalized spacial score (nSPS) is 18.9. The molecule has 28 heavy (non-hydrogen) atoms. The number of rotatable bonds is 6. The summed E-state index contributed by atoms with van der Waals surface area (Å²) in [6.07, 6.45) is -3.11. The highest BCUT2D eigenvalue weighted by molar-refractivity contribution is 7.89. The second-order valence-electron chi connectivity index (χ2n) is 6.90. The molecular weight excluding hydrogens is 391 g/mol. The van der Waals surface area contributed by atoms with E-state index in [1.165, 1.54) is 10.4 Å². The summed E-state index contributed by atoms with van der Waals surface area (Å²) in [7, 11) is -3.98. The van der Waals surface area contributed by atoms with Crippen LogP contribution in [0.5, 0.6) is 0 Å². The fraction of sp³-hybridized carbons (Fsp3) is 0.400. The van der Waals surface area contributed by atoms with Crippen molar-refractivity contribution >= 4 is 10.0 Å². The molecule has 2 aromatic carbocycles. The molecule has 4 nitrogen and oxygen atoms in total. The molecule has 1 heterocycles. The highest BCUT2D eigenvalue weighted by Gasteiger charge is 2.34. The second kappa shape index (κ2) is 8.63. The monoisotopic (exact) mass is 413 g/mol. The minimum Gasteiger partial charge on any atom is -0.376 e. The Morgan fingerprint density at radius 2 is 1.82 bits per heavy atom. The van der Waals surface area contributed by atoms with E-state index >= 15 is 0 Å². The van der Waals surface area contributed by atoms with Gasteiger partial charge in [0.1, 0.15) is 0 Å². The number of piperidine rings is 1. The molecule has 0 bridgehead atoms. The number of hydrogen-bond donors (Lipinski definition) is 0. The van der Waals surface area contributed by atoms with E-state index < -0.39 is 21.8 Å². The van der Waals surface area contributed by atoms with Gasteiger partial charge < -0.3 is 4.74 Å². The van der Waals surface area contributed by atoms with Crippen molar-refractivity contribution in [3.05, 3.63) is 65.7 Å². The Hall–Kier alpha value is -1.90. The quantitative estimate of drug-likeness (QED) is 0.709. The summed E-state index contributed by atoms with van der Waals surface area (Å²) in [5, 5.41) is 0. The molecule has 0 radical (unpaired) electrons. The lowest BCUT2D eigenvalue weighted by Gasteiger charge is -2.32. The van der Waals surface area contributed by atoms with Crippen LogP contribution >= 0.6 is 0 Å². The molecule has 2 aromatic rings. The molecule has 0 spiro atoms. The fourth-order valence-corrected chi connectivity index (χ4v) is 4.88. The first kappa shape index (κ1) is 20.8. The molecule has 1 unspecified atom stereocenters. The van der Waals surface area contributed by atoms with Gasteiger partial charge in [-0.25, -0.2) is 8.42 Å². The maximum Gasteiger partial charge on any atom is 0.416 e. The molecule has 0 saturated carbocycles. The highest BCUT2D eigenvalue weighted by atomic mass is 32.2. The Bertz CT molecular complexity index is 885. The van der Waals surface area contributed by atoms with Crippen molar-refractivity contribution in [2.45, 2.75) is 30.5 Å². The standard InChI is InChI=1S/C20H22F3NO3S/c21-20(22,23)18-9-4-10-19(12-18)28(25,26)24-11-5-8-17(13-24)15-27-14-16-6-2-1-3-7-16/h1-4,6-7,9-10,12,17H,5,8,11,13-15H2. The molecular formula is C20H22F3NO3S. The first-order valence-electron chi connectivity index (χ1n) is 9.06. The van der Waals surface area contributed by atoms with E-state index in [1.54, 1.807) is 0 Å². The van der Waals surface area contributed by atoms with Gasteiger partial charge in [0, 0.05) is 13.1 Å². The lowest BCUT2D eigenvalue weighted by molar-refractivity contribution is -0.137. The van der Waals surface area contributed by atoms with Gasteiger partial charge in [0.2, 0.25) is 10.0 Å². The zero-order valence-electron chi connectivity index (χ0n) is 15.2. The topological polar surface area (TPSA) is 46.6 Å². The van der Waals surface area contributed by atoms with Gasteiger partial charge in [0.05, 0.1) is 23.7 Å². The molecule has 0 aliphatic carbocycles. The van der Waals surface area contributed by atoms with Gasteiger partial charge in [-0.1, -0.05) is 36.4 Å². The van der Waals surface area contributed by atoms with Crippen molar-refractivity contribution in [3.8, 4) is 0 Å². The van der Waals surface area contributed by atoms with Crippen molar-refractivity contribution in [1.29, 1.82) is 0 Å². The summed E-state index contributed by atoms with van der Waals surface area (Å²) >= 11 is 0. The van der Waals surface area contributed by atoms with Crippen LogP contribution in [0.1, 0.15) is 24.0 Å². The zero-order valence-corrected chi connectivity index (χ0v) is 16.0. The summed E-state index contributed by atoms with van der Waals surface area (Å²) in [5.74, 6) is 0.0121. The molecule has 1 saturated heterocycles. The minimum absolute atomic E-state index is 0.0121. The van der Waals surface area contributed by atoms with Gasteiger partial charge in [-0.2, -0.15) is 17.5 Å². The first-order chi connectivity index (χ1) is 13.3. The zero-order chi connectivity index (χ0) is 20.2. The summed E-state index contributed by atoms with van der Waals surface area (Å²) in [5.41, 5.74) is 0.0695. The number of nitrogens with zero attached hydrogens (tertiary/aromatic N) is 1. The van der Waals surface area contributed by atoms with Crippen LogP contribution in [0.15, 0.2) is 59.5 Å². The third-order valence-corrected chi connectivity index (χ3v) is 6.61. The van der Waals surface area contributed by atoms with Gasteiger partial charge in [-0.3, -0.25) is 0 Å². The van der Waals surface area contributed by atoms with Crippen LogP contribution in [-0.2, 0) is 27.5 Å². The van der Waals surface area contributed by atoms with Crippen LogP contribution in [0, 0.1) is 5.92 Å². The van der Waals surface area contributed by atoms with Crippen LogP contribution < -0.4 is 0 Å². The Morgan fingerprint density at radius 1 is 1.07 bits per heavy atom. The first-order valence-corrected chi connectivity index (χ1v) is 10.5. The van der Waals surface area contributed by atoms with Crippen LogP contribution in [0.2, 0.25) is 0 Å². The average molecular weight is 413 g/mol. The summed E-state index contributed by atoms with van der Waals surface area (Å²) in [6, 6.07) is 13.6. The molecule has 1 atom stereocenters. The van der Waals surface area contributed by atoms with Crippen LogP contribution in [-0.4, -0.2) is 32.4 Å².